The highest BCUT2D eigenvalue weighted by Gasteiger charge is 2.20. The van der Waals surface area contributed by atoms with Gasteiger partial charge in [0.1, 0.15) is 0 Å². The van der Waals surface area contributed by atoms with Crippen molar-refractivity contribution in [2.75, 3.05) is 0 Å². The summed E-state index contributed by atoms with van der Waals surface area (Å²) < 4.78 is 0.495. The summed E-state index contributed by atoms with van der Waals surface area (Å²) in [5.74, 6) is -0.651. The van der Waals surface area contributed by atoms with Crippen molar-refractivity contribution in [2.45, 2.75) is 6.92 Å². The number of hydrogen-bond acceptors (Lipinski definition) is 3. The van der Waals surface area contributed by atoms with E-state index in [4.69, 9.17) is 5.73 Å². The first kappa shape index (κ1) is 10.9. The second-order valence-corrected chi connectivity index (χ2v) is 3.85. The zero-order chi connectivity index (χ0) is 10.9. The van der Waals surface area contributed by atoms with E-state index in [0.717, 1.165) is 0 Å². The molecule has 0 bridgehead atoms. The number of nitrogens with zero attached hydrogens (tertiary/aromatic N) is 1. The van der Waals surface area contributed by atoms with Gasteiger partial charge in [0.2, 0.25) is 5.91 Å². The number of benzene rings is 1. The monoisotopic (exact) mass is 306 g/mol. The molecule has 1 aromatic rings. The lowest BCUT2D eigenvalue weighted by Gasteiger charge is -2.03. The zero-order valence-electron chi connectivity index (χ0n) is 7.28. The molecule has 0 atom stereocenters. The number of amides is 1. The molecule has 1 amide bonds. The molecule has 0 aliphatic rings. The third-order valence-corrected chi connectivity index (χ3v) is 2.70. The highest BCUT2D eigenvalue weighted by atomic mass is 127. The topological polar surface area (TPSA) is 86.2 Å². The molecule has 6 heteroatoms. The average molecular weight is 306 g/mol. The van der Waals surface area contributed by atoms with Gasteiger partial charge in [-0.1, -0.05) is 0 Å². The van der Waals surface area contributed by atoms with Crippen LogP contribution in [0.1, 0.15) is 15.9 Å². The zero-order valence-corrected chi connectivity index (χ0v) is 9.44. The van der Waals surface area contributed by atoms with E-state index in [9.17, 15) is 14.9 Å². The minimum absolute atomic E-state index is 0.0538. The van der Waals surface area contributed by atoms with Crippen LogP contribution in [0.5, 0.6) is 0 Å². The highest BCUT2D eigenvalue weighted by Crippen LogP contribution is 2.27. The summed E-state index contributed by atoms with van der Waals surface area (Å²) in [6, 6.07) is 3.00. The fourth-order valence-electron chi connectivity index (χ4n) is 1.16. The second-order valence-electron chi connectivity index (χ2n) is 2.69. The van der Waals surface area contributed by atoms with Crippen molar-refractivity contribution in [2.24, 2.45) is 5.73 Å². The Labute approximate surface area is 93.6 Å². The van der Waals surface area contributed by atoms with Gasteiger partial charge in [-0.25, -0.2) is 0 Å². The Hall–Kier alpha value is -1.18. The molecular weight excluding hydrogens is 299 g/mol. The van der Waals surface area contributed by atoms with E-state index >= 15 is 0 Å². The van der Waals surface area contributed by atoms with Crippen LogP contribution in [0, 0.1) is 20.6 Å². The predicted molar refractivity (Wildman–Crippen MR) is 59.1 cm³/mol. The predicted octanol–water partition coefficient (Wildman–Crippen LogP) is 1.61. The van der Waals surface area contributed by atoms with Gasteiger partial charge in [-0.3, -0.25) is 14.9 Å². The Kier molecular flexibility index (Phi) is 3.04. The summed E-state index contributed by atoms with van der Waals surface area (Å²) in [4.78, 5) is 21.1. The van der Waals surface area contributed by atoms with Crippen LogP contribution in [0.4, 0.5) is 5.69 Å². The Morgan fingerprint density at radius 2 is 2.14 bits per heavy atom. The number of carbonyl (C=O) groups is 1. The Balaban J connectivity index is 3.49. The summed E-state index contributed by atoms with van der Waals surface area (Å²) in [5.41, 5.74) is 5.52. The van der Waals surface area contributed by atoms with Crippen molar-refractivity contribution >= 4 is 34.2 Å². The molecule has 0 aliphatic heterocycles. The summed E-state index contributed by atoms with van der Waals surface area (Å²) >= 11 is 1.85. The second kappa shape index (κ2) is 3.91. The van der Waals surface area contributed by atoms with Crippen molar-refractivity contribution in [3.05, 3.63) is 36.9 Å². The Bertz CT molecular complexity index is 417. The van der Waals surface area contributed by atoms with Crippen LogP contribution in [-0.4, -0.2) is 10.8 Å². The average Bonchev–Trinajstić information content (AvgIpc) is 2.02. The molecule has 5 nitrogen and oxygen atoms in total. The number of halogens is 1. The van der Waals surface area contributed by atoms with Crippen molar-refractivity contribution in [1.29, 1.82) is 0 Å². The van der Waals surface area contributed by atoms with Crippen molar-refractivity contribution in [3.63, 3.8) is 0 Å². The maximum atomic E-state index is 10.9. The standard InChI is InChI=1S/C8H7IN2O3/c1-4-5(8(10)12)2-3-6(9)7(4)11(13)14/h2-3H,1H3,(H2,10,12). The maximum absolute atomic E-state index is 10.9. The molecule has 1 aromatic carbocycles. The molecule has 0 fully saturated rings. The molecule has 0 radical (unpaired) electrons. The van der Waals surface area contributed by atoms with Crippen molar-refractivity contribution < 1.29 is 9.72 Å². The minimum atomic E-state index is -0.651. The fourth-order valence-corrected chi connectivity index (χ4v) is 1.94. The molecule has 2 N–H and O–H groups in total. The molecule has 0 spiro atoms. The molecule has 14 heavy (non-hydrogen) atoms. The maximum Gasteiger partial charge on any atom is 0.286 e. The van der Waals surface area contributed by atoms with E-state index in [2.05, 4.69) is 0 Å². The molecular formula is C8H7IN2O3. The summed E-state index contributed by atoms with van der Waals surface area (Å²) in [6.07, 6.45) is 0. The number of nitro benzene ring substituents is 1. The largest absolute Gasteiger partial charge is 0.366 e. The van der Waals surface area contributed by atoms with Gasteiger partial charge in [0.05, 0.1) is 8.49 Å². The van der Waals surface area contributed by atoms with Gasteiger partial charge in [0.15, 0.2) is 0 Å². The lowest BCUT2D eigenvalue weighted by atomic mass is 10.1. The number of hydrogen-bond donors (Lipinski definition) is 1. The highest BCUT2D eigenvalue weighted by molar-refractivity contribution is 14.1. The number of rotatable bonds is 2. The van der Waals surface area contributed by atoms with Crippen LogP contribution in [-0.2, 0) is 0 Å². The number of nitro groups is 1. The van der Waals surface area contributed by atoms with E-state index in [1.54, 1.807) is 0 Å². The molecule has 0 heterocycles. The van der Waals surface area contributed by atoms with Gasteiger partial charge >= 0.3 is 0 Å². The molecule has 1 rings (SSSR count). The smallest absolute Gasteiger partial charge is 0.286 e. The first-order valence-corrected chi connectivity index (χ1v) is 4.76. The Morgan fingerprint density at radius 3 is 2.57 bits per heavy atom. The molecule has 74 valence electrons. The van der Waals surface area contributed by atoms with E-state index in [1.807, 2.05) is 22.6 Å². The van der Waals surface area contributed by atoms with Gasteiger partial charge in [0, 0.05) is 11.1 Å². The molecule has 0 aliphatic carbocycles. The fraction of sp³-hybridized carbons (Fsp3) is 0.125. The van der Waals surface area contributed by atoms with Crippen LogP contribution < -0.4 is 5.73 Å². The minimum Gasteiger partial charge on any atom is -0.366 e. The van der Waals surface area contributed by atoms with Crippen molar-refractivity contribution in [3.8, 4) is 0 Å². The van der Waals surface area contributed by atoms with Gasteiger partial charge in [-0.15, -0.1) is 0 Å². The van der Waals surface area contributed by atoms with E-state index in [-0.39, 0.29) is 11.3 Å². The summed E-state index contributed by atoms with van der Waals surface area (Å²) in [7, 11) is 0. The quantitative estimate of drug-likeness (QED) is 0.511. The lowest BCUT2D eigenvalue weighted by Crippen LogP contribution is -2.13. The SMILES string of the molecule is Cc1c(C(N)=O)ccc(I)c1[N+](=O)[O-]. The lowest BCUT2D eigenvalue weighted by molar-refractivity contribution is -0.386. The van der Waals surface area contributed by atoms with Gasteiger partial charge in [0.25, 0.3) is 5.69 Å². The molecule has 0 aromatic heterocycles. The molecule has 0 unspecified atom stereocenters. The van der Waals surface area contributed by atoms with Crippen LogP contribution in [0.2, 0.25) is 0 Å². The first-order valence-electron chi connectivity index (χ1n) is 3.68. The van der Waals surface area contributed by atoms with E-state index in [1.165, 1.54) is 19.1 Å². The van der Waals surface area contributed by atoms with Gasteiger partial charge in [-0.2, -0.15) is 0 Å². The van der Waals surface area contributed by atoms with E-state index in [0.29, 0.717) is 9.13 Å². The number of nitrogens with two attached hydrogens (primary N) is 1. The molecule has 0 saturated heterocycles. The van der Waals surface area contributed by atoms with Crippen LogP contribution in [0.25, 0.3) is 0 Å². The van der Waals surface area contributed by atoms with Crippen LogP contribution in [0.3, 0.4) is 0 Å². The Morgan fingerprint density at radius 1 is 1.57 bits per heavy atom. The van der Waals surface area contributed by atoms with Crippen LogP contribution in [0.15, 0.2) is 12.1 Å². The first-order chi connectivity index (χ1) is 6.45. The summed E-state index contributed by atoms with van der Waals surface area (Å²) in [6.45, 7) is 1.51. The van der Waals surface area contributed by atoms with E-state index < -0.39 is 10.8 Å². The third kappa shape index (κ3) is 1.84. The summed E-state index contributed by atoms with van der Waals surface area (Å²) in [5, 5.41) is 10.7. The third-order valence-electron chi connectivity index (χ3n) is 1.83. The number of primary amides is 1. The van der Waals surface area contributed by atoms with Gasteiger partial charge < -0.3 is 5.73 Å². The van der Waals surface area contributed by atoms with Crippen LogP contribution >= 0.6 is 22.6 Å². The molecule has 0 saturated carbocycles. The van der Waals surface area contributed by atoms with Gasteiger partial charge in [-0.05, 0) is 41.6 Å². The van der Waals surface area contributed by atoms with Crippen molar-refractivity contribution in [1.82, 2.24) is 0 Å². The number of carbonyl (C=O) groups excluding carboxylic acids is 1. The normalized spacial score (nSPS) is 9.86.